The van der Waals surface area contributed by atoms with E-state index in [2.05, 4.69) is 0 Å². The average molecular weight is 387 g/mol. The first-order chi connectivity index (χ1) is 12.5. The summed E-state index contributed by atoms with van der Waals surface area (Å²) in [4.78, 5) is 14.7. The van der Waals surface area contributed by atoms with Crippen LogP contribution in [-0.2, 0) is 4.79 Å². The number of thiocarbonyl (C=S) groups is 1. The summed E-state index contributed by atoms with van der Waals surface area (Å²) < 4.78 is 11.3. The molecular formula is C19H17NO4S2. The smallest absolute Gasteiger partial charge is 0.270 e. The molecule has 3 rings (SSSR count). The standard InChI is InChI=1S/C19H17NO4S2/c1-3-24-15-9-4-12(10-16(15)23-2)11-17-18(22)20(19(25)26-17)13-5-7-14(21)8-6-13/h4-11,21H,3H2,1-2H3. The SMILES string of the molecule is CCOc1ccc(C=C2SC(=S)N(c3ccc(O)cc3)C2=O)cc1OC. The molecule has 1 N–H and O–H groups in total. The number of benzene rings is 2. The van der Waals surface area contributed by atoms with Crippen molar-refractivity contribution >= 4 is 46.0 Å². The Kier molecular flexibility index (Phi) is 5.49. The topological polar surface area (TPSA) is 59.0 Å². The van der Waals surface area contributed by atoms with Crippen molar-refractivity contribution in [3.8, 4) is 17.2 Å². The third kappa shape index (κ3) is 3.68. The first-order valence-corrected chi connectivity index (χ1v) is 9.13. The molecule has 134 valence electrons. The van der Waals surface area contributed by atoms with Crippen molar-refractivity contribution in [1.29, 1.82) is 0 Å². The number of thioether (sulfide) groups is 1. The third-order valence-corrected chi connectivity index (χ3v) is 4.99. The van der Waals surface area contributed by atoms with Crippen molar-refractivity contribution in [3.63, 3.8) is 0 Å². The largest absolute Gasteiger partial charge is 0.508 e. The van der Waals surface area contributed by atoms with Gasteiger partial charge in [-0.3, -0.25) is 9.69 Å². The van der Waals surface area contributed by atoms with Crippen LogP contribution in [0.1, 0.15) is 12.5 Å². The van der Waals surface area contributed by atoms with E-state index in [9.17, 15) is 9.90 Å². The van der Waals surface area contributed by atoms with Crippen LogP contribution in [0.15, 0.2) is 47.4 Å². The first-order valence-electron chi connectivity index (χ1n) is 7.91. The molecule has 0 bridgehead atoms. The molecular weight excluding hydrogens is 370 g/mol. The molecule has 0 saturated carbocycles. The maximum Gasteiger partial charge on any atom is 0.270 e. The molecule has 2 aromatic carbocycles. The molecule has 26 heavy (non-hydrogen) atoms. The zero-order valence-corrected chi connectivity index (χ0v) is 15.9. The number of carbonyl (C=O) groups is 1. The monoisotopic (exact) mass is 387 g/mol. The van der Waals surface area contributed by atoms with E-state index in [1.807, 2.05) is 25.1 Å². The van der Waals surface area contributed by atoms with Crippen molar-refractivity contribution in [3.05, 3.63) is 52.9 Å². The van der Waals surface area contributed by atoms with Crippen LogP contribution in [0, 0.1) is 0 Å². The number of rotatable bonds is 5. The van der Waals surface area contributed by atoms with Crippen LogP contribution in [0.4, 0.5) is 5.69 Å². The van der Waals surface area contributed by atoms with Gasteiger partial charge in [0.2, 0.25) is 0 Å². The van der Waals surface area contributed by atoms with Gasteiger partial charge in [-0.2, -0.15) is 0 Å². The summed E-state index contributed by atoms with van der Waals surface area (Å²) in [7, 11) is 1.58. The van der Waals surface area contributed by atoms with Crippen LogP contribution in [0.25, 0.3) is 6.08 Å². The second-order valence-electron chi connectivity index (χ2n) is 5.38. The second-order valence-corrected chi connectivity index (χ2v) is 7.05. The molecule has 2 aromatic rings. The molecule has 1 amide bonds. The molecule has 1 aliphatic heterocycles. The number of ether oxygens (including phenoxy) is 2. The molecule has 0 aliphatic carbocycles. The Bertz CT molecular complexity index is 878. The number of phenolic OH excluding ortho intramolecular Hbond substituents is 1. The van der Waals surface area contributed by atoms with Crippen molar-refractivity contribution in [2.24, 2.45) is 0 Å². The van der Waals surface area contributed by atoms with E-state index < -0.39 is 0 Å². The molecule has 0 unspecified atom stereocenters. The van der Waals surface area contributed by atoms with Crippen molar-refractivity contribution in [2.75, 3.05) is 18.6 Å². The van der Waals surface area contributed by atoms with Crippen molar-refractivity contribution in [1.82, 2.24) is 0 Å². The molecule has 0 spiro atoms. The van der Waals surface area contributed by atoms with E-state index >= 15 is 0 Å². The van der Waals surface area contributed by atoms with Gasteiger partial charge in [0, 0.05) is 0 Å². The minimum atomic E-state index is -0.196. The Balaban J connectivity index is 1.89. The minimum Gasteiger partial charge on any atom is -0.508 e. The lowest BCUT2D eigenvalue weighted by molar-refractivity contribution is -0.113. The molecule has 1 heterocycles. The predicted octanol–water partition coefficient (Wildman–Crippen LogP) is 4.21. The zero-order valence-electron chi connectivity index (χ0n) is 14.3. The summed E-state index contributed by atoms with van der Waals surface area (Å²) in [5, 5.41) is 9.41. The van der Waals surface area contributed by atoms with Gasteiger partial charge in [-0.15, -0.1) is 0 Å². The van der Waals surface area contributed by atoms with Gasteiger partial charge >= 0.3 is 0 Å². The number of anilines is 1. The Morgan fingerprint density at radius 2 is 1.92 bits per heavy atom. The third-order valence-electron chi connectivity index (χ3n) is 3.69. The van der Waals surface area contributed by atoms with Gasteiger partial charge in [-0.05, 0) is 55.0 Å². The maximum atomic E-state index is 12.8. The maximum absolute atomic E-state index is 12.8. The van der Waals surface area contributed by atoms with E-state index in [0.717, 1.165) is 5.56 Å². The van der Waals surface area contributed by atoms with Gasteiger partial charge in [-0.1, -0.05) is 30.0 Å². The van der Waals surface area contributed by atoms with Gasteiger partial charge in [0.1, 0.15) is 5.75 Å². The van der Waals surface area contributed by atoms with E-state index in [4.69, 9.17) is 21.7 Å². The van der Waals surface area contributed by atoms with Crippen LogP contribution in [0.2, 0.25) is 0 Å². The van der Waals surface area contributed by atoms with Gasteiger partial charge < -0.3 is 14.6 Å². The van der Waals surface area contributed by atoms with Gasteiger partial charge in [-0.25, -0.2) is 0 Å². The van der Waals surface area contributed by atoms with E-state index in [1.54, 1.807) is 25.3 Å². The quantitative estimate of drug-likeness (QED) is 0.613. The highest BCUT2D eigenvalue weighted by Gasteiger charge is 2.33. The van der Waals surface area contributed by atoms with Crippen molar-refractivity contribution in [2.45, 2.75) is 6.92 Å². The summed E-state index contributed by atoms with van der Waals surface area (Å²) in [6.07, 6.45) is 1.78. The van der Waals surface area contributed by atoms with E-state index in [1.165, 1.54) is 28.8 Å². The van der Waals surface area contributed by atoms with Gasteiger partial charge in [0.15, 0.2) is 15.8 Å². The lowest BCUT2D eigenvalue weighted by Gasteiger charge is -2.14. The fourth-order valence-electron chi connectivity index (χ4n) is 2.49. The Labute approximate surface area is 161 Å². The highest BCUT2D eigenvalue weighted by molar-refractivity contribution is 8.27. The Morgan fingerprint density at radius 3 is 2.58 bits per heavy atom. The van der Waals surface area contributed by atoms with Crippen molar-refractivity contribution < 1.29 is 19.4 Å². The fraction of sp³-hybridized carbons (Fsp3) is 0.158. The number of hydrogen-bond acceptors (Lipinski definition) is 6. The summed E-state index contributed by atoms with van der Waals surface area (Å²) in [5.74, 6) is 1.20. The number of amides is 1. The van der Waals surface area contributed by atoms with Crippen LogP contribution < -0.4 is 14.4 Å². The molecule has 1 aliphatic rings. The minimum absolute atomic E-state index is 0.135. The molecule has 1 saturated heterocycles. The lowest BCUT2D eigenvalue weighted by atomic mass is 10.2. The number of aromatic hydroxyl groups is 1. The van der Waals surface area contributed by atoms with Crippen LogP contribution in [0.5, 0.6) is 17.2 Å². The summed E-state index contributed by atoms with van der Waals surface area (Å²) in [6.45, 7) is 2.45. The molecule has 0 radical (unpaired) electrons. The fourth-order valence-corrected chi connectivity index (χ4v) is 3.79. The summed E-state index contributed by atoms with van der Waals surface area (Å²) >= 11 is 6.59. The molecule has 0 atom stereocenters. The average Bonchev–Trinajstić information content (AvgIpc) is 2.91. The number of hydrogen-bond donors (Lipinski definition) is 1. The molecule has 1 fully saturated rings. The lowest BCUT2D eigenvalue weighted by Crippen LogP contribution is -2.27. The molecule has 5 nitrogen and oxygen atoms in total. The molecule has 0 aromatic heterocycles. The first kappa shape index (κ1) is 18.3. The molecule has 7 heteroatoms. The van der Waals surface area contributed by atoms with Gasteiger partial charge in [0.05, 0.1) is 24.3 Å². The summed E-state index contributed by atoms with van der Waals surface area (Å²) in [6, 6.07) is 11.9. The van der Waals surface area contributed by atoms with E-state index in [0.29, 0.717) is 33.0 Å². The second kappa shape index (κ2) is 7.80. The number of nitrogens with zero attached hydrogens (tertiary/aromatic N) is 1. The highest BCUT2D eigenvalue weighted by atomic mass is 32.2. The highest BCUT2D eigenvalue weighted by Crippen LogP contribution is 2.37. The van der Waals surface area contributed by atoms with Crippen LogP contribution in [-0.4, -0.2) is 29.1 Å². The normalized spacial score (nSPS) is 15.6. The van der Waals surface area contributed by atoms with E-state index in [-0.39, 0.29) is 11.7 Å². The number of methoxy groups -OCH3 is 1. The summed E-state index contributed by atoms with van der Waals surface area (Å²) in [5.41, 5.74) is 1.44. The van der Waals surface area contributed by atoms with Crippen LogP contribution in [0.3, 0.4) is 0 Å². The predicted molar refractivity (Wildman–Crippen MR) is 108 cm³/mol. The van der Waals surface area contributed by atoms with Crippen LogP contribution >= 0.6 is 24.0 Å². The zero-order chi connectivity index (χ0) is 18.7. The number of carbonyl (C=O) groups excluding carboxylic acids is 1. The van der Waals surface area contributed by atoms with Gasteiger partial charge in [0.25, 0.3) is 5.91 Å². The number of phenols is 1. The Hall–Kier alpha value is -2.51. The Morgan fingerprint density at radius 1 is 1.19 bits per heavy atom.